The Kier molecular flexibility index (Phi) is 5.86. The molecule has 0 radical (unpaired) electrons. The molecule has 8 nitrogen and oxygen atoms in total. The first-order chi connectivity index (χ1) is 17.6. The van der Waals surface area contributed by atoms with Crippen LogP contribution in [-0.2, 0) is 6.54 Å². The number of nitrogens with zero attached hydrogens (tertiary/aromatic N) is 5. The standard InChI is InChI=1S/C27H26N6O2S/c1-31-13-6-14-32(16-15-31)22-11-10-19-24(34)23(26(35)29-17-18-7-4-5-12-28-18)27-33(25(19)30-22)20-8-2-3-9-21(20)36-27/h2-5,7-12H,6,13-17H2,1H3,(H,29,35). The van der Waals surface area contributed by atoms with Crippen molar-refractivity contribution < 1.29 is 4.79 Å². The molecular weight excluding hydrogens is 472 g/mol. The minimum Gasteiger partial charge on any atom is -0.355 e. The first kappa shape index (κ1) is 22.6. The van der Waals surface area contributed by atoms with Crippen molar-refractivity contribution in [3.63, 3.8) is 0 Å². The maximum atomic E-state index is 13.7. The van der Waals surface area contributed by atoms with Crippen LogP contribution in [0.25, 0.3) is 26.1 Å². The first-order valence-corrected chi connectivity index (χ1v) is 12.9. The third-order valence-corrected chi connectivity index (χ3v) is 7.85. The van der Waals surface area contributed by atoms with E-state index in [9.17, 15) is 9.59 Å². The van der Waals surface area contributed by atoms with E-state index < -0.39 is 5.91 Å². The molecule has 6 rings (SSSR count). The van der Waals surface area contributed by atoms with Gasteiger partial charge in [0.2, 0.25) is 5.43 Å². The second-order valence-corrected chi connectivity index (χ2v) is 10.1. The number of thiazole rings is 1. The van der Waals surface area contributed by atoms with E-state index in [2.05, 4.69) is 27.1 Å². The van der Waals surface area contributed by atoms with E-state index >= 15 is 0 Å². The van der Waals surface area contributed by atoms with Crippen LogP contribution in [0.5, 0.6) is 0 Å². The number of aromatic nitrogens is 3. The highest BCUT2D eigenvalue weighted by Gasteiger charge is 2.23. The van der Waals surface area contributed by atoms with Gasteiger partial charge in [-0.2, -0.15) is 0 Å². The molecule has 1 fully saturated rings. The molecule has 1 amide bonds. The Labute approximate surface area is 211 Å². The van der Waals surface area contributed by atoms with Gasteiger partial charge < -0.3 is 15.1 Å². The summed E-state index contributed by atoms with van der Waals surface area (Å²) in [5, 5.41) is 3.33. The summed E-state index contributed by atoms with van der Waals surface area (Å²) in [5.74, 6) is 0.449. The van der Waals surface area contributed by atoms with E-state index in [0.29, 0.717) is 15.9 Å². The number of hydrogen-bond donors (Lipinski definition) is 1. The minimum atomic E-state index is -0.406. The van der Waals surface area contributed by atoms with Crippen LogP contribution in [0.2, 0.25) is 0 Å². The zero-order valence-electron chi connectivity index (χ0n) is 20.0. The van der Waals surface area contributed by atoms with Crippen molar-refractivity contribution in [3.8, 4) is 0 Å². The van der Waals surface area contributed by atoms with E-state index in [0.717, 1.165) is 54.3 Å². The number of nitrogens with one attached hydrogen (secondary N) is 1. The molecule has 1 aliphatic heterocycles. The fourth-order valence-electron chi connectivity index (χ4n) is 4.79. The van der Waals surface area contributed by atoms with Gasteiger partial charge in [0.05, 0.1) is 27.8 Å². The summed E-state index contributed by atoms with van der Waals surface area (Å²) in [7, 11) is 2.14. The highest BCUT2D eigenvalue weighted by molar-refractivity contribution is 7.24. The largest absolute Gasteiger partial charge is 0.355 e. The van der Waals surface area contributed by atoms with Gasteiger partial charge in [0.15, 0.2) is 5.65 Å². The zero-order valence-corrected chi connectivity index (χ0v) is 20.8. The van der Waals surface area contributed by atoms with Gasteiger partial charge in [0, 0.05) is 25.8 Å². The third-order valence-electron chi connectivity index (χ3n) is 6.70. The lowest BCUT2D eigenvalue weighted by Gasteiger charge is -2.22. The van der Waals surface area contributed by atoms with Crippen LogP contribution < -0.4 is 15.6 Å². The lowest BCUT2D eigenvalue weighted by Crippen LogP contribution is -2.30. The molecule has 0 spiro atoms. The van der Waals surface area contributed by atoms with Crippen molar-refractivity contribution in [2.45, 2.75) is 13.0 Å². The number of benzene rings is 1. The Hall–Kier alpha value is -3.82. The molecule has 1 saturated heterocycles. The second kappa shape index (κ2) is 9.33. The Morgan fingerprint density at radius 3 is 2.75 bits per heavy atom. The molecule has 5 heterocycles. The molecule has 0 atom stereocenters. The Morgan fingerprint density at radius 2 is 1.89 bits per heavy atom. The van der Waals surface area contributed by atoms with E-state index in [1.165, 1.54) is 11.3 Å². The van der Waals surface area contributed by atoms with Gasteiger partial charge in [-0.1, -0.05) is 18.2 Å². The smallest absolute Gasteiger partial charge is 0.258 e. The van der Waals surface area contributed by atoms with Crippen LogP contribution in [0.1, 0.15) is 22.5 Å². The zero-order chi connectivity index (χ0) is 24.6. The summed E-state index contributed by atoms with van der Waals surface area (Å²) >= 11 is 1.44. The van der Waals surface area contributed by atoms with Gasteiger partial charge in [-0.3, -0.25) is 19.0 Å². The highest BCUT2D eigenvalue weighted by Crippen LogP contribution is 2.31. The SMILES string of the molecule is CN1CCCN(c2ccc3c(=O)c(C(=O)NCc4ccccn4)c4sc5ccccc5n4c3n2)CC1. The summed E-state index contributed by atoms with van der Waals surface area (Å²) in [4.78, 5) is 41.6. The molecule has 9 heteroatoms. The molecule has 0 saturated carbocycles. The Bertz CT molecular complexity index is 1650. The second-order valence-electron chi connectivity index (χ2n) is 9.10. The maximum absolute atomic E-state index is 13.7. The van der Waals surface area contributed by atoms with Crippen molar-refractivity contribution in [1.29, 1.82) is 0 Å². The van der Waals surface area contributed by atoms with Gasteiger partial charge in [-0.25, -0.2) is 4.98 Å². The van der Waals surface area contributed by atoms with Crippen molar-refractivity contribution in [2.24, 2.45) is 0 Å². The summed E-state index contributed by atoms with van der Waals surface area (Å²) in [6.07, 6.45) is 2.74. The number of anilines is 1. The highest BCUT2D eigenvalue weighted by atomic mass is 32.1. The van der Waals surface area contributed by atoms with E-state index in [1.807, 2.05) is 59.0 Å². The monoisotopic (exact) mass is 498 g/mol. The predicted octanol–water partition coefficient (Wildman–Crippen LogP) is 3.53. The summed E-state index contributed by atoms with van der Waals surface area (Å²) in [6.45, 7) is 4.06. The lowest BCUT2D eigenvalue weighted by atomic mass is 10.1. The molecule has 1 aliphatic rings. The number of amides is 1. The minimum absolute atomic E-state index is 0.144. The quantitative estimate of drug-likeness (QED) is 0.408. The molecule has 0 unspecified atom stereocenters. The first-order valence-electron chi connectivity index (χ1n) is 12.1. The van der Waals surface area contributed by atoms with Crippen molar-refractivity contribution in [3.05, 3.63) is 82.3 Å². The van der Waals surface area contributed by atoms with Crippen molar-refractivity contribution in [2.75, 3.05) is 38.1 Å². The molecule has 0 bridgehead atoms. The number of para-hydroxylation sites is 1. The van der Waals surface area contributed by atoms with Gasteiger partial charge in [0.25, 0.3) is 5.91 Å². The number of carbonyl (C=O) groups excluding carboxylic acids is 1. The molecule has 182 valence electrons. The molecule has 5 aromatic rings. The number of fused-ring (bicyclic) bond motifs is 5. The van der Waals surface area contributed by atoms with Crippen molar-refractivity contribution >= 4 is 49.1 Å². The number of rotatable bonds is 4. The fraction of sp³-hybridized carbons (Fsp3) is 0.259. The average Bonchev–Trinajstić information content (AvgIpc) is 3.15. The third kappa shape index (κ3) is 4.00. The molecule has 1 aromatic carbocycles. The van der Waals surface area contributed by atoms with Crippen LogP contribution in [0.3, 0.4) is 0 Å². The normalized spacial score (nSPS) is 15.0. The van der Waals surface area contributed by atoms with Gasteiger partial charge in [-0.05, 0) is 56.4 Å². The fourth-order valence-corrected chi connectivity index (χ4v) is 5.97. The Morgan fingerprint density at radius 1 is 1.03 bits per heavy atom. The summed E-state index contributed by atoms with van der Waals surface area (Å²) in [6, 6.07) is 17.2. The van der Waals surface area contributed by atoms with Gasteiger partial charge >= 0.3 is 0 Å². The summed E-state index contributed by atoms with van der Waals surface area (Å²) < 4.78 is 2.96. The molecule has 4 aromatic heterocycles. The lowest BCUT2D eigenvalue weighted by molar-refractivity contribution is 0.0951. The number of hydrogen-bond acceptors (Lipinski definition) is 7. The number of likely N-dealkylation sites (N-methyl/N-ethyl adjacent to an activating group) is 1. The molecular formula is C27H26N6O2S. The summed E-state index contributed by atoms with van der Waals surface area (Å²) in [5.41, 5.74) is 2.09. The number of pyridine rings is 3. The van der Waals surface area contributed by atoms with Crippen LogP contribution in [0.4, 0.5) is 5.82 Å². The van der Waals surface area contributed by atoms with E-state index in [1.54, 1.807) is 6.20 Å². The average molecular weight is 499 g/mol. The molecule has 0 aliphatic carbocycles. The van der Waals surface area contributed by atoms with Crippen LogP contribution in [0, 0.1) is 0 Å². The van der Waals surface area contributed by atoms with Crippen molar-refractivity contribution in [1.82, 2.24) is 24.6 Å². The molecule has 1 N–H and O–H groups in total. The topological polar surface area (TPSA) is 82.8 Å². The van der Waals surface area contributed by atoms with Gasteiger partial charge in [0.1, 0.15) is 16.2 Å². The van der Waals surface area contributed by atoms with Crippen LogP contribution >= 0.6 is 11.3 Å². The van der Waals surface area contributed by atoms with Gasteiger partial charge in [-0.15, -0.1) is 11.3 Å². The van der Waals surface area contributed by atoms with E-state index in [4.69, 9.17) is 4.98 Å². The van der Waals surface area contributed by atoms with Crippen LogP contribution in [-0.4, -0.2) is 58.4 Å². The van der Waals surface area contributed by atoms with Crippen LogP contribution in [0.15, 0.2) is 65.6 Å². The predicted molar refractivity (Wildman–Crippen MR) is 144 cm³/mol. The maximum Gasteiger partial charge on any atom is 0.258 e. The number of carbonyl (C=O) groups is 1. The molecule has 36 heavy (non-hydrogen) atoms. The Balaban J connectivity index is 1.51. The van der Waals surface area contributed by atoms with E-state index in [-0.39, 0.29) is 17.5 Å².